The number of pyridine rings is 1. The Balaban J connectivity index is 1.75. The molecule has 0 bridgehead atoms. The molecule has 1 atom stereocenters. The van der Waals surface area contributed by atoms with Crippen LogP contribution < -0.4 is 11.1 Å². The summed E-state index contributed by atoms with van der Waals surface area (Å²) < 4.78 is 0. The fourth-order valence-corrected chi connectivity index (χ4v) is 4.29. The van der Waals surface area contributed by atoms with E-state index in [9.17, 15) is 14.4 Å². The van der Waals surface area contributed by atoms with Gasteiger partial charge in [-0.05, 0) is 42.5 Å². The number of aromatic nitrogens is 1. The van der Waals surface area contributed by atoms with Crippen molar-refractivity contribution in [3.63, 3.8) is 0 Å². The van der Waals surface area contributed by atoms with Gasteiger partial charge in [-0.2, -0.15) is 0 Å². The second kappa shape index (κ2) is 10.7. The molecule has 176 valence electrons. The summed E-state index contributed by atoms with van der Waals surface area (Å²) in [5.41, 5.74) is 8.57. The summed E-state index contributed by atoms with van der Waals surface area (Å²) in [4.78, 5) is 43.5. The largest absolute Gasteiger partial charge is 0.384 e. The van der Waals surface area contributed by atoms with E-state index in [1.54, 1.807) is 33.2 Å². The van der Waals surface area contributed by atoms with E-state index in [-0.39, 0.29) is 11.8 Å². The van der Waals surface area contributed by atoms with Crippen molar-refractivity contribution in [2.45, 2.75) is 26.2 Å². The van der Waals surface area contributed by atoms with Gasteiger partial charge < -0.3 is 20.9 Å². The van der Waals surface area contributed by atoms with Crippen LogP contribution in [0.2, 0.25) is 5.02 Å². The Morgan fingerprint density at radius 3 is 2.64 bits per heavy atom. The number of amides is 3. The standard InChI is InChI=1S/C24H30ClN5O3/c1-15(31)30-8-4-5-17(14-30)12-28-22-11-18(27-13-20(22)23(26)32)9-16-6-7-19(21(25)10-16)24(33)29(2)3/h6-7,10-11,13,17H,4-5,8-9,12,14H2,1-3H3,(H2,26,32)(H,27,28)/t17-/m1/s1. The minimum atomic E-state index is -0.555. The van der Waals surface area contributed by atoms with Crippen molar-refractivity contribution >= 4 is 35.0 Å². The van der Waals surface area contributed by atoms with Gasteiger partial charge in [0.1, 0.15) is 0 Å². The van der Waals surface area contributed by atoms with Gasteiger partial charge in [0.2, 0.25) is 5.91 Å². The average Bonchev–Trinajstić information content (AvgIpc) is 2.77. The number of hydrogen-bond acceptors (Lipinski definition) is 5. The first-order chi connectivity index (χ1) is 15.7. The van der Waals surface area contributed by atoms with Gasteiger partial charge >= 0.3 is 0 Å². The maximum absolute atomic E-state index is 12.2. The lowest BCUT2D eigenvalue weighted by Gasteiger charge is -2.32. The Bertz CT molecular complexity index is 1060. The molecule has 1 aromatic carbocycles. The maximum atomic E-state index is 12.2. The van der Waals surface area contributed by atoms with Crippen molar-refractivity contribution in [1.82, 2.24) is 14.8 Å². The van der Waals surface area contributed by atoms with Crippen LogP contribution in [-0.4, -0.2) is 66.2 Å². The molecule has 0 radical (unpaired) electrons. The monoisotopic (exact) mass is 471 g/mol. The molecule has 2 heterocycles. The van der Waals surface area contributed by atoms with E-state index in [1.807, 2.05) is 17.0 Å². The molecule has 0 saturated carbocycles. The van der Waals surface area contributed by atoms with Crippen LogP contribution in [0.5, 0.6) is 0 Å². The van der Waals surface area contributed by atoms with Gasteiger partial charge in [-0.25, -0.2) is 0 Å². The first kappa shape index (κ1) is 24.5. The number of likely N-dealkylation sites (tertiary alicyclic amines) is 1. The summed E-state index contributed by atoms with van der Waals surface area (Å²) in [7, 11) is 3.35. The number of rotatable bonds is 7. The average molecular weight is 472 g/mol. The molecule has 0 spiro atoms. The predicted octanol–water partition coefficient (Wildman–Crippen LogP) is 2.80. The summed E-state index contributed by atoms with van der Waals surface area (Å²) in [6, 6.07) is 7.13. The quantitative estimate of drug-likeness (QED) is 0.645. The molecule has 1 aromatic heterocycles. The number of nitrogens with zero attached hydrogens (tertiary/aromatic N) is 3. The number of anilines is 1. The molecule has 1 fully saturated rings. The second-order valence-electron chi connectivity index (χ2n) is 8.63. The topological polar surface area (TPSA) is 109 Å². The molecule has 2 aromatic rings. The Labute approximate surface area is 199 Å². The number of carbonyl (C=O) groups excluding carboxylic acids is 3. The molecule has 0 aliphatic carbocycles. The molecule has 1 aliphatic rings. The van der Waals surface area contributed by atoms with Crippen LogP contribution in [0.15, 0.2) is 30.5 Å². The molecule has 0 unspecified atom stereocenters. The summed E-state index contributed by atoms with van der Waals surface area (Å²) in [6.07, 6.45) is 3.93. The predicted molar refractivity (Wildman–Crippen MR) is 128 cm³/mol. The minimum Gasteiger partial charge on any atom is -0.384 e. The number of piperidine rings is 1. The molecule has 1 aliphatic heterocycles. The molecule has 3 rings (SSSR count). The number of nitrogens with one attached hydrogen (secondary N) is 1. The van der Waals surface area contributed by atoms with Crippen LogP contribution in [-0.2, 0) is 11.2 Å². The van der Waals surface area contributed by atoms with E-state index < -0.39 is 5.91 Å². The number of benzene rings is 1. The Morgan fingerprint density at radius 1 is 1.24 bits per heavy atom. The SMILES string of the molecule is CC(=O)N1CCC[C@H](CNc2cc(Cc3ccc(C(=O)N(C)C)c(Cl)c3)ncc2C(N)=O)C1. The second-order valence-corrected chi connectivity index (χ2v) is 9.04. The fourth-order valence-electron chi connectivity index (χ4n) is 4.00. The van der Waals surface area contributed by atoms with E-state index in [2.05, 4.69) is 10.3 Å². The van der Waals surface area contributed by atoms with E-state index in [1.165, 1.54) is 11.1 Å². The van der Waals surface area contributed by atoms with E-state index in [0.29, 0.717) is 47.3 Å². The minimum absolute atomic E-state index is 0.0840. The Morgan fingerprint density at radius 2 is 2.00 bits per heavy atom. The van der Waals surface area contributed by atoms with Crippen LogP contribution >= 0.6 is 11.6 Å². The zero-order chi connectivity index (χ0) is 24.1. The molecule has 33 heavy (non-hydrogen) atoms. The molecular weight excluding hydrogens is 442 g/mol. The third-order valence-corrected chi connectivity index (χ3v) is 6.14. The first-order valence-corrected chi connectivity index (χ1v) is 11.3. The lowest BCUT2D eigenvalue weighted by Crippen LogP contribution is -2.40. The molecule has 1 saturated heterocycles. The lowest BCUT2D eigenvalue weighted by atomic mass is 9.97. The van der Waals surface area contributed by atoms with Crippen molar-refractivity contribution in [1.29, 1.82) is 0 Å². The van der Waals surface area contributed by atoms with Crippen LogP contribution in [0.4, 0.5) is 5.69 Å². The Kier molecular flexibility index (Phi) is 7.92. The number of nitrogens with two attached hydrogens (primary N) is 1. The summed E-state index contributed by atoms with van der Waals surface area (Å²) in [5, 5.41) is 3.72. The lowest BCUT2D eigenvalue weighted by molar-refractivity contribution is -0.130. The highest BCUT2D eigenvalue weighted by Crippen LogP contribution is 2.24. The zero-order valence-corrected chi connectivity index (χ0v) is 20.0. The van der Waals surface area contributed by atoms with Gasteiger partial charge in [0.15, 0.2) is 0 Å². The van der Waals surface area contributed by atoms with Crippen LogP contribution in [0.1, 0.15) is 51.7 Å². The molecule has 3 N–H and O–H groups in total. The highest BCUT2D eigenvalue weighted by Gasteiger charge is 2.22. The molecule has 3 amide bonds. The normalized spacial score (nSPS) is 15.8. The highest BCUT2D eigenvalue weighted by atomic mass is 35.5. The van der Waals surface area contributed by atoms with Crippen molar-refractivity contribution in [3.8, 4) is 0 Å². The van der Waals surface area contributed by atoms with Crippen molar-refractivity contribution in [3.05, 3.63) is 57.9 Å². The zero-order valence-electron chi connectivity index (χ0n) is 19.2. The van der Waals surface area contributed by atoms with Crippen LogP contribution in [0.3, 0.4) is 0 Å². The fraction of sp³-hybridized carbons (Fsp3) is 0.417. The summed E-state index contributed by atoms with van der Waals surface area (Å²) in [6.45, 7) is 3.70. The number of carbonyl (C=O) groups is 3. The van der Waals surface area contributed by atoms with Crippen LogP contribution in [0, 0.1) is 5.92 Å². The van der Waals surface area contributed by atoms with Gasteiger partial charge in [-0.1, -0.05) is 17.7 Å². The highest BCUT2D eigenvalue weighted by molar-refractivity contribution is 6.33. The van der Waals surface area contributed by atoms with E-state index in [0.717, 1.165) is 30.6 Å². The van der Waals surface area contributed by atoms with Gasteiger partial charge in [-0.3, -0.25) is 19.4 Å². The summed E-state index contributed by atoms with van der Waals surface area (Å²) in [5.74, 6) is -0.338. The van der Waals surface area contributed by atoms with E-state index >= 15 is 0 Å². The van der Waals surface area contributed by atoms with Crippen molar-refractivity contribution in [2.75, 3.05) is 39.0 Å². The van der Waals surface area contributed by atoms with Gasteiger partial charge in [-0.15, -0.1) is 0 Å². The van der Waals surface area contributed by atoms with Gasteiger partial charge in [0, 0.05) is 59.0 Å². The van der Waals surface area contributed by atoms with Crippen molar-refractivity contribution < 1.29 is 14.4 Å². The van der Waals surface area contributed by atoms with Gasteiger partial charge in [0.05, 0.1) is 21.8 Å². The molecular formula is C24H30ClN5O3. The van der Waals surface area contributed by atoms with Crippen molar-refractivity contribution in [2.24, 2.45) is 11.7 Å². The third-order valence-electron chi connectivity index (χ3n) is 5.83. The molecule has 8 nitrogen and oxygen atoms in total. The summed E-state index contributed by atoms with van der Waals surface area (Å²) >= 11 is 6.33. The third kappa shape index (κ3) is 6.22. The molecule has 9 heteroatoms. The number of hydrogen-bond donors (Lipinski definition) is 2. The first-order valence-electron chi connectivity index (χ1n) is 10.9. The smallest absolute Gasteiger partial charge is 0.254 e. The number of primary amides is 1. The van der Waals surface area contributed by atoms with E-state index in [4.69, 9.17) is 17.3 Å². The van der Waals surface area contributed by atoms with Crippen LogP contribution in [0.25, 0.3) is 0 Å². The Hall–Kier alpha value is -3.13. The van der Waals surface area contributed by atoms with Gasteiger partial charge in [0.25, 0.3) is 11.8 Å². The number of halogens is 1. The maximum Gasteiger partial charge on any atom is 0.254 e.